The van der Waals surface area contributed by atoms with Gasteiger partial charge in [-0.2, -0.15) is 5.26 Å². The quantitative estimate of drug-likeness (QED) is 0.777. The number of nitriles is 1. The van der Waals surface area contributed by atoms with Crippen molar-refractivity contribution in [2.75, 3.05) is 24.5 Å². The van der Waals surface area contributed by atoms with E-state index in [4.69, 9.17) is 0 Å². The fourth-order valence-electron chi connectivity index (χ4n) is 2.34. The van der Waals surface area contributed by atoms with Crippen molar-refractivity contribution in [1.29, 1.82) is 5.26 Å². The van der Waals surface area contributed by atoms with Crippen LogP contribution < -0.4 is 4.90 Å². The summed E-state index contributed by atoms with van der Waals surface area (Å²) in [4.78, 5) is 27.9. The van der Waals surface area contributed by atoms with E-state index in [-0.39, 0.29) is 18.2 Å². The fourth-order valence-corrected chi connectivity index (χ4v) is 2.34. The van der Waals surface area contributed by atoms with Crippen LogP contribution >= 0.6 is 0 Å². The van der Waals surface area contributed by atoms with Gasteiger partial charge in [0.2, 0.25) is 11.8 Å². The van der Waals surface area contributed by atoms with Crippen LogP contribution in [0.15, 0.2) is 30.3 Å². The van der Waals surface area contributed by atoms with Crippen LogP contribution in [0.1, 0.15) is 27.2 Å². The lowest BCUT2D eigenvalue weighted by atomic mass is 10.0. The number of carbonyl (C=O) groups is 2. The molecule has 0 radical (unpaired) electrons. The van der Waals surface area contributed by atoms with Gasteiger partial charge in [0.15, 0.2) is 0 Å². The third-order valence-electron chi connectivity index (χ3n) is 3.59. The Bertz CT molecular complexity index is 533. The van der Waals surface area contributed by atoms with Gasteiger partial charge in [0.1, 0.15) is 5.92 Å². The molecule has 0 heterocycles. The minimum atomic E-state index is -0.926. The first-order valence-corrected chi connectivity index (χ1v) is 7.62. The van der Waals surface area contributed by atoms with Crippen molar-refractivity contribution in [1.82, 2.24) is 4.90 Å². The van der Waals surface area contributed by atoms with Gasteiger partial charge in [-0.3, -0.25) is 9.59 Å². The van der Waals surface area contributed by atoms with E-state index in [1.807, 2.05) is 57.2 Å². The molecule has 0 bridgehead atoms. The van der Waals surface area contributed by atoms with Crippen LogP contribution in [-0.4, -0.2) is 36.3 Å². The lowest BCUT2D eigenvalue weighted by molar-refractivity contribution is -0.135. The van der Waals surface area contributed by atoms with Gasteiger partial charge < -0.3 is 9.80 Å². The molecule has 1 aromatic carbocycles. The van der Waals surface area contributed by atoms with Crippen molar-refractivity contribution < 1.29 is 9.59 Å². The number of rotatable bonds is 7. The lowest BCUT2D eigenvalue weighted by Gasteiger charge is -2.24. The molecule has 0 fully saturated rings. The van der Waals surface area contributed by atoms with E-state index in [9.17, 15) is 14.9 Å². The van der Waals surface area contributed by atoms with E-state index >= 15 is 0 Å². The highest BCUT2D eigenvalue weighted by Gasteiger charge is 2.27. The SMILES string of the molecule is CCN(CC)C(=O)C(C#N)CC(=O)N(CC)c1ccccc1. The number of anilines is 1. The number of nitrogens with zero attached hydrogens (tertiary/aromatic N) is 3. The highest BCUT2D eigenvalue weighted by atomic mass is 16.2. The van der Waals surface area contributed by atoms with Crippen LogP contribution in [0.4, 0.5) is 5.69 Å². The predicted molar refractivity (Wildman–Crippen MR) is 86.1 cm³/mol. The van der Waals surface area contributed by atoms with Crippen molar-refractivity contribution in [3.05, 3.63) is 30.3 Å². The van der Waals surface area contributed by atoms with Gasteiger partial charge in [0, 0.05) is 25.3 Å². The van der Waals surface area contributed by atoms with Crippen LogP contribution in [0, 0.1) is 17.2 Å². The summed E-state index contributed by atoms with van der Waals surface area (Å²) in [6.07, 6.45) is -0.0887. The van der Waals surface area contributed by atoms with E-state index in [1.165, 1.54) is 0 Å². The first-order valence-electron chi connectivity index (χ1n) is 7.62. The second-order valence-electron chi connectivity index (χ2n) is 4.87. The summed E-state index contributed by atoms with van der Waals surface area (Å²) in [5.41, 5.74) is 0.780. The topological polar surface area (TPSA) is 64.4 Å². The first-order chi connectivity index (χ1) is 10.6. The first kappa shape index (κ1) is 17.7. The average Bonchev–Trinajstić information content (AvgIpc) is 2.55. The maximum atomic E-state index is 12.5. The predicted octanol–water partition coefficient (Wildman–Crippen LogP) is 2.44. The summed E-state index contributed by atoms with van der Waals surface area (Å²) in [5, 5.41) is 9.24. The zero-order valence-electron chi connectivity index (χ0n) is 13.5. The molecule has 1 unspecified atom stereocenters. The molecule has 0 spiro atoms. The maximum Gasteiger partial charge on any atom is 0.240 e. The van der Waals surface area contributed by atoms with E-state index in [0.717, 1.165) is 5.69 Å². The highest BCUT2D eigenvalue weighted by molar-refractivity contribution is 5.96. The van der Waals surface area contributed by atoms with Gasteiger partial charge in [-0.05, 0) is 32.9 Å². The zero-order valence-corrected chi connectivity index (χ0v) is 13.5. The van der Waals surface area contributed by atoms with E-state index in [1.54, 1.807) is 9.80 Å². The number of carbonyl (C=O) groups excluding carboxylic acids is 2. The average molecular weight is 301 g/mol. The van der Waals surface area contributed by atoms with Crippen LogP contribution in [-0.2, 0) is 9.59 Å². The van der Waals surface area contributed by atoms with E-state index in [0.29, 0.717) is 19.6 Å². The van der Waals surface area contributed by atoms with Crippen molar-refractivity contribution >= 4 is 17.5 Å². The molecule has 0 aromatic heterocycles. The van der Waals surface area contributed by atoms with Crippen molar-refractivity contribution in [3.8, 4) is 6.07 Å². The van der Waals surface area contributed by atoms with Gasteiger partial charge >= 0.3 is 0 Å². The van der Waals surface area contributed by atoms with Crippen LogP contribution in [0.3, 0.4) is 0 Å². The molecule has 118 valence electrons. The number of amides is 2. The summed E-state index contributed by atoms with van der Waals surface area (Å²) < 4.78 is 0. The van der Waals surface area contributed by atoms with Gasteiger partial charge in [0.25, 0.3) is 0 Å². The maximum absolute atomic E-state index is 12.5. The normalized spacial score (nSPS) is 11.4. The van der Waals surface area contributed by atoms with Gasteiger partial charge in [-0.25, -0.2) is 0 Å². The van der Waals surface area contributed by atoms with Crippen LogP contribution in [0.25, 0.3) is 0 Å². The molecule has 2 amide bonds. The number of hydrogen-bond donors (Lipinski definition) is 0. The Morgan fingerprint density at radius 2 is 1.68 bits per heavy atom. The van der Waals surface area contributed by atoms with E-state index in [2.05, 4.69) is 0 Å². The minimum absolute atomic E-state index is 0.0887. The monoisotopic (exact) mass is 301 g/mol. The molecule has 0 aliphatic carbocycles. The summed E-state index contributed by atoms with van der Waals surface area (Å²) in [5.74, 6) is -1.41. The Kier molecular flexibility index (Phi) is 7.11. The van der Waals surface area contributed by atoms with Crippen molar-refractivity contribution in [2.24, 2.45) is 5.92 Å². The molecule has 0 aliphatic heterocycles. The van der Waals surface area contributed by atoms with Gasteiger partial charge in [-0.15, -0.1) is 0 Å². The van der Waals surface area contributed by atoms with Crippen molar-refractivity contribution in [2.45, 2.75) is 27.2 Å². The molecule has 5 nitrogen and oxygen atoms in total. The largest absolute Gasteiger partial charge is 0.342 e. The Hall–Kier alpha value is -2.35. The van der Waals surface area contributed by atoms with Crippen LogP contribution in [0.2, 0.25) is 0 Å². The Morgan fingerprint density at radius 1 is 1.09 bits per heavy atom. The highest BCUT2D eigenvalue weighted by Crippen LogP contribution is 2.17. The molecular weight excluding hydrogens is 278 g/mol. The van der Waals surface area contributed by atoms with Gasteiger partial charge in [-0.1, -0.05) is 18.2 Å². The fraction of sp³-hybridized carbons (Fsp3) is 0.471. The molecule has 0 aliphatic rings. The Labute approximate surface area is 132 Å². The molecule has 0 saturated heterocycles. The standard InChI is InChI=1S/C17H23N3O2/c1-4-19(5-2)17(22)14(13-18)12-16(21)20(6-3)15-10-8-7-9-11-15/h7-11,14H,4-6,12H2,1-3H3. The number of benzene rings is 1. The molecule has 0 N–H and O–H groups in total. The van der Waals surface area contributed by atoms with Gasteiger partial charge in [0.05, 0.1) is 12.5 Å². The molecule has 22 heavy (non-hydrogen) atoms. The third kappa shape index (κ3) is 4.32. The third-order valence-corrected chi connectivity index (χ3v) is 3.59. The van der Waals surface area contributed by atoms with Crippen LogP contribution in [0.5, 0.6) is 0 Å². The molecular formula is C17H23N3O2. The zero-order chi connectivity index (χ0) is 16.5. The summed E-state index contributed by atoms with van der Waals surface area (Å²) >= 11 is 0. The second-order valence-corrected chi connectivity index (χ2v) is 4.87. The summed E-state index contributed by atoms with van der Waals surface area (Å²) in [7, 11) is 0. The molecule has 5 heteroatoms. The molecule has 1 atom stereocenters. The number of hydrogen-bond acceptors (Lipinski definition) is 3. The summed E-state index contributed by atoms with van der Waals surface area (Å²) in [6, 6.07) is 11.2. The Balaban J connectivity index is 2.84. The lowest BCUT2D eigenvalue weighted by Crippen LogP contribution is -2.39. The summed E-state index contributed by atoms with van der Waals surface area (Å²) in [6.45, 7) is 7.18. The molecule has 1 aromatic rings. The van der Waals surface area contributed by atoms with Crippen molar-refractivity contribution in [3.63, 3.8) is 0 Å². The smallest absolute Gasteiger partial charge is 0.240 e. The van der Waals surface area contributed by atoms with E-state index < -0.39 is 5.92 Å². The second kappa shape index (κ2) is 8.83. The Morgan fingerprint density at radius 3 is 2.14 bits per heavy atom. The minimum Gasteiger partial charge on any atom is -0.342 e. The molecule has 1 rings (SSSR count). The molecule has 0 saturated carbocycles. The number of para-hydroxylation sites is 1.